The number of aryl methyl sites for hydroxylation is 1. The summed E-state index contributed by atoms with van der Waals surface area (Å²) in [7, 11) is 0. The molecule has 0 saturated heterocycles. The van der Waals surface area contributed by atoms with Crippen molar-refractivity contribution in [2.75, 3.05) is 0 Å². The van der Waals surface area contributed by atoms with Crippen molar-refractivity contribution in [3.63, 3.8) is 0 Å². The van der Waals surface area contributed by atoms with E-state index in [1.165, 1.54) is 9.13 Å². The Labute approximate surface area is 159 Å². The maximum Gasteiger partial charge on any atom is 0.227 e. The van der Waals surface area contributed by atoms with Gasteiger partial charge in [-0.05, 0) is 83.1 Å². The van der Waals surface area contributed by atoms with E-state index in [4.69, 9.17) is 4.42 Å². The maximum atomic E-state index is 5.88. The van der Waals surface area contributed by atoms with E-state index in [0.717, 1.165) is 27.9 Å². The molecule has 0 aliphatic heterocycles. The van der Waals surface area contributed by atoms with Crippen molar-refractivity contribution in [2.45, 2.75) is 6.92 Å². The standard InChI is InChI=1S/C21H15IN2O/c1-14-5-10-20-19(11-14)24-21(25-20)16-3-2-4-18(12-16)23-13-15-6-8-17(22)9-7-15/h2-13H,1H3. The normalized spacial score (nSPS) is 11.4. The van der Waals surface area contributed by atoms with Crippen molar-refractivity contribution in [3.05, 3.63) is 81.4 Å². The molecule has 0 bridgehead atoms. The topological polar surface area (TPSA) is 38.4 Å². The van der Waals surface area contributed by atoms with Gasteiger partial charge in [0.25, 0.3) is 0 Å². The summed E-state index contributed by atoms with van der Waals surface area (Å²) in [6.45, 7) is 2.05. The second kappa shape index (κ2) is 6.80. The first kappa shape index (κ1) is 16.0. The molecule has 0 unspecified atom stereocenters. The fourth-order valence-corrected chi connectivity index (χ4v) is 2.94. The zero-order valence-corrected chi connectivity index (χ0v) is 15.8. The Morgan fingerprint density at radius 3 is 2.68 bits per heavy atom. The number of oxazole rings is 1. The molecule has 4 heteroatoms. The minimum atomic E-state index is 0.618. The smallest absolute Gasteiger partial charge is 0.227 e. The summed E-state index contributed by atoms with van der Waals surface area (Å²) in [4.78, 5) is 9.16. The van der Waals surface area contributed by atoms with Gasteiger partial charge in [-0.3, -0.25) is 4.99 Å². The lowest BCUT2D eigenvalue weighted by atomic mass is 10.2. The van der Waals surface area contributed by atoms with E-state index in [1.807, 2.05) is 55.6 Å². The monoisotopic (exact) mass is 438 g/mol. The van der Waals surface area contributed by atoms with Crippen molar-refractivity contribution in [1.82, 2.24) is 4.98 Å². The third-order valence-electron chi connectivity index (χ3n) is 3.87. The van der Waals surface area contributed by atoms with Gasteiger partial charge in [0.15, 0.2) is 5.58 Å². The van der Waals surface area contributed by atoms with Crippen molar-refractivity contribution >= 4 is 45.6 Å². The van der Waals surface area contributed by atoms with Crippen LogP contribution in [-0.2, 0) is 0 Å². The maximum absolute atomic E-state index is 5.88. The second-order valence-electron chi connectivity index (χ2n) is 5.85. The number of aromatic nitrogens is 1. The molecule has 0 fully saturated rings. The fraction of sp³-hybridized carbons (Fsp3) is 0.0476. The number of hydrogen-bond donors (Lipinski definition) is 0. The quantitative estimate of drug-likeness (QED) is 0.284. The third-order valence-corrected chi connectivity index (χ3v) is 4.59. The van der Waals surface area contributed by atoms with Crippen LogP contribution in [0.4, 0.5) is 5.69 Å². The summed E-state index contributed by atoms with van der Waals surface area (Å²) in [5.74, 6) is 0.618. The van der Waals surface area contributed by atoms with Crippen molar-refractivity contribution in [3.8, 4) is 11.5 Å². The molecule has 0 radical (unpaired) electrons. The Kier molecular flexibility index (Phi) is 4.36. The van der Waals surface area contributed by atoms with E-state index in [9.17, 15) is 0 Å². The third kappa shape index (κ3) is 3.64. The van der Waals surface area contributed by atoms with Crippen LogP contribution in [0, 0.1) is 10.5 Å². The zero-order chi connectivity index (χ0) is 17.2. The summed E-state index contributed by atoms with van der Waals surface area (Å²) in [6.07, 6.45) is 1.87. The Bertz CT molecular complexity index is 1060. The molecule has 0 atom stereocenters. The minimum absolute atomic E-state index is 0.618. The van der Waals surface area contributed by atoms with Crippen LogP contribution in [0.15, 0.2) is 76.1 Å². The van der Waals surface area contributed by atoms with E-state index in [1.54, 1.807) is 0 Å². The first-order chi connectivity index (χ1) is 12.2. The Hall–Kier alpha value is -2.47. The van der Waals surface area contributed by atoms with Crippen LogP contribution in [-0.4, -0.2) is 11.2 Å². The number of nitrogens with zero attached hydrogens (tertiary/aromatic N) is 2. The van der Waals surface area contributed by atoms with Gasteiger partial charge in [-0.1, -0.05) is 24.3 Å². The average Bonchev–Trinajstić information content (AvgIpc) is 3.05. The highest BCUT2D eigenvalue weighted by Gasteiger charge is 2.08. The molecule has 1 heterocycles. The first-order valence-electron chi connectivity index (χ1n) is 7.95. The second-order valence-corrected chi connectivity index (χ2v) is 7.10. The Morgan fingerprint density at radius 1 is 1.00 bits per heavy atom. The number of hydrogen-bond acceptors (Lipinski definition) is 3. The molecule has 0 aliphatic rings. The van der Waals surface area contributed by atoms with E-state index in [0.29, 0.717) is 5.89 Å². The minimum Gasteiger partial charge on any atom is -0.436 e. The fourth-order valence-electron chi connectivity index (χ4n) is 2.58. The Morgan fingerprint density at radius 2 is 1.84 bits per heavy atom. The van der Waals surface area contributed by atoms with Crippen LogP contribution >= 0.6 is 22.6 Å². The van der Waals surface area contributed by atoms with Crippen LogP contribution in [0.1, 0.15) is 11.1 Å². The number of aliphatic imine (C=N–C) groups is 1. The van der Waals surface area contributed by atoms with E-state index in [2.05, 4.69) is 56.8 Å². The van der Waals surface area contributed by atoms with Crippen LogP contribution in [0.5, 0.6) is 0 Å². The molecule has 0 spiro atoms. The van der Waals surface area contributed by atoms with Gasteiger partial charge in [-0.15, -0.1) is 0 Å². The van der Waals surface area contributed by atoms with Gasteiger partial charge >= 0.3 is 0 Å². The Balaban J connectivity index is 1.65. The zero-order valence-electron chi connectivity index (χ0n) is 13.6. The molecule has 0 aliphatic carbocycles. The number of fused-ring (bicyclic) bond motifs is 1. The first-order valence-corrected chi connectivity index (χ1v) is 9.02. The number of halogens is 1. The van der Waals surface area contributed by atoms with Gasteiger partial charge in [-0.25, -0.2) is 4.98 Å². The lowest BCUT2D eigenvalue weighted by Gasteiger charge is -1.98. The van der Waals surface area contributed by atoms with Crippen LogP contribution in [0.3, 0.4) is 0 Å². The van der Waals surface area contributed by atoms with Crippen molar-refractivity contribution < 1.29 is 4.42 Å². The molecule has 122 valence electrons. The molecule has 1 aromatic heterocycles. The van der Waals surface area contributed by atoms with Gasteiger partial charge < -0.3 is 4.42 Å². The van der Waals surface area contributed by atoms with Crippen LogP contribution < -0.4 is 0 Å². The molecular weight excluding hydrogens is 423 g/mol. The summed E-state index contributed by atoms with van der Waals surface area (Å²) in [5.41, 5.74) is 5.71. The summed E-state index contributed by atoms with van der Waals surface area (Å²) in [5, 5.41) is 0. The number of rotatable bonds is 3. The molecule has 25 heavy (non-hydrogen) atoms. The number of benzene rings is 3. The summed E-state index contributed by atoms with van der Waals surface area (Å²) < 4.78 is 7.09. The molecular formula is C21H15IN2O. The lowest BCUT2D eigenvalue weighted by Crippen LogP contribution is -1.81. The van der Waals surface area contributed by atoms with Crippen LogP contribution in [0.25, 0.3) is 22.6 Å². The molecule has 4 rings (SSSR count). The highest BCUT2D eigenvalue weighted by atomic mass is 127. The molecule has 0 saturated carbocycles. The predicted octanol–water partition coefficient (Wildman–Crippen LogP) is 6.16. The molecule has 0 N–H and O–H groups in total. The molecule has 4 aromatic rings. The SMILES string of the molecule is Cc1ccc2oc(-c3cccc(N=Cc4ccc(I)cc4)c3)nc2c1. The van der Waals surface area contributed by atoms with E-state index >= 15 is 0 Å². The largest absolute Gasteiger partial charge is 0.436 e. The van der Waals surface area contributed by atoms with Gasteiger partial charge in [0.1, 0.15) is 5.52 Å². The van der Waals surface area contributed by atoms with Crippen LogP contribution in [0.2, 0.25) is 0 Å². The predicted molar refractivity (Wildman–Crippen MR) is 111 cm³/mol. The van der Waals surface area contributed by atoms with Gasteiger partial charge in [0, 0.05) is 15.3 Å². The average molecular weight is 438 g/mol. The highest BCUT2D eigenvalue weighted by molar-refractivity contribution is 14.1. The summed E-state index contributed by atoms with van der Waals surface area (Å²) >= 11 is 2.29. The van der Waals surface area contributed by atoms with E-state index in [-0.39, 0.29) is 0 Å². The molecule has 3 aromatic carbocycles. The molecule has 3 nitrogen and oxygen atoms in total. The van der Waals surface area contributed by atoms with Gasteiger partial charge in [-0.2, -0.15) is 0 Å². The van der Waals surface area contributed by atoms with Crippen molar-refractivity contribution in [1.29, 1.82) is 0 Å². The van der Waals surface area contributed by atoms with Crippen molar-refractivity contribution in [2.24, 2.45) is 4.99 Å². The lowest BCUT2D eigenvalue weighted by molar-refractivity contribution is 0.620. The highest BCUT2D eigenvalue weighted by Crippen LogP contribution is 2.27. The summed E-state index contributed by atoms with van der Waals surface area (Å²) in [6, 6.07) is 22.2. The van der Waals surface area contributed by atoms with Gasteiger partial charge in [0.05, 0.1) is 5.69 Å². The van der Waals surface area contributed by atoms with Gasteiger partial charge in [0.2, 0.25) is 5.89 Å². The van der Waals surface area contributed by atoms with E-state index < -0.39 is 0 Å². The molecule has 0 amide bonds.